The largest absolute Gasteiger partial charge is 0.487 e. The van der Waals surface area contributed by atoms with Crippen molar-refractivity contribution in [1.82, 2.24) is 9.55 Å². The van der Waals surface area contributed by atoms with Gasteiger partial charge in [-0.1, -0.05) is 42.5 Å². The molecule has 2 aromatic heterocycles. The molecule has 0 saturated heterocycles. The highest BCUT2D eigenvalue weighted by atomic mass is 16.5. The number of nitrogens with zero attached hydrogens (tertiary/aromatic N) is 2. The van der Waals surface area contributed by atoms with Gasteiger partial charge in [0.2, 0.25) is 5.89 Å². The van der Waals surface area contributed by atoms with Crippen LogP contribution in [0.1, 0.15) is 29.1 Å². The molecule has 0 aliphatic carbocycles. The number of benzene rings is 2. The molecule has 4 rings (SSSR count). The van der Waals surface area contributed by atoms with Gasteiger partial charge in [0, 0.05) is 25.0 Å². The van der Waals surface area contributed by atoms with Gasteiger partial charge in [-0.3, -0.25) is 0 Å². The van der Waals surface area contributed by atoms with Crippen LogP contribution in [0.4, 0.5) is 0 Å². The molecule has 0 atom stereocenters. The first-order chi connectivity index (χ1) is 14.3. The zero-order chi connectivity index (χ0) is 19.7. The highest BCUT2D eigenvalue weighted by Gasteiger charge is 2.03. The first-order valence-electron chi connectivity index (χ1n) is 9.85. The van der Waals surface area contributed by atoms with Crippen LogP contribution in [0, 0.1) is 0 Å². The molecule has 0 bridgehead atoms. The summed E-state index contributed by atoms with van der Waals surface area (Å²) < 4.78 is 13.5. The lowest BCUT2D eigenvalue weighted by atomic mass is 10.1. The van der Waals surface area contributed by atoms with E-state index in [1.54, 1.807) is 6.26 Å². The van der Waals surface area contributed by atoms with Crippen LogP contribution in [0.5, 0.6) is 5.75 Å². The molecule has 0 fully saturated rings. The van der Waals surface area contributed by atoms with E-state index in [4.69, 9.17) is 9.15 Å². The van der Waals surface area contributed by atoms with Crippen LogP contribution < -0.4 is 4.74 Å². The van der Waals surface area contributed by atoms with Gasteiger partial charge < -0.3 is 13.7 Å². The maximum absolute atomic E-state index is 5.84. The van der Waals surface area contributed by atoms with Crippen molar-refractivity contribution >= 4 is 12.2 Å². The van der Waals surface area contributed by atoms with Gasteiger partial charge in [0.15, 0.2) is 0 Å². The second-order valence-corrected chi connectivity index (χ2v) is 6.88. The summed E-state index contributed by atoms with van der Waals surface area (Å²) in [6.45, 7) is 1.42. The molecule has 0 spiro atoms. The number of hydrogen-bond acceptors (Lipinski definition) is 3. The highest BCUT2D eigenvalue weighted by molar-refractivity contribution is 5.65. The Labute approximate surface area is 171 Å². The van der Waals surface area contributed by atoms with Gasteiger partial charge >= 0.3 is 0 Å². The first-order valence-corrected chi connectivity index (χ1v) is 9.85. The summed E-state index contributed by atoms with van der Waals surface area (Å²) in [5, 5.41) is 0. The minimum atomic E-state index is 0.385. The molecule has 0 unspecified atom stereocenters. The number of rotatable bonds is 9. The van der Waals surface area contributed by atoms with Crippen molar-refractivity contribution in [2.24, 2.45) is 0 Å². The van der Waals surface area contributed by atoms with Gasteiger partial charge in [-0.15, -0.1) is 0 Å². The highest BCUT2D eigenvalue weighted by Crippen LogP contribution is 2.16. The Morgan fingerprint density at radius 2 is 1.69 bits per heavy atom. The number of oxazole rings is 1. The van der Waals surface area contributed by atoms with Gasteiger partial charge in [0.1, 0.15) is 24.3 Å². The minimum absolute atomic E-state index is 0.385. The SMILES string of the molecule is C(=C\c1nc(COc2ccc(CCCn3cccc3)cc2)co1)/c1ccccc1. The monoisotopic (exact) mass is 384 g/mol. The molecule has 0 aliphatic rings. The smallest absolute Gasteiger partial charge is 0.218 e. The number of hydrogen-bond donors (Lipinski definition) is 0. The van der Waals surface area contributed by atoms with Gasteiger partial charge in [-0.2, -0.15) is 0 Å². The van der Waals surface area contributed by atoms with Gasteiger partial charge in [-0.25, -0.2) is 4.98 Å². The molecule has 29 heavy (non-hydrogen) atoms. The van der Waals surface area contributed by atoms with Crippen LogP contribution in [0.15, 0.2) is 89.8 Å². The maximum atomic E-state index is 5.84. The van der Waals surface area contributed by atoms with Crippen LogP contribution in [-0.4, -0.2) is 9.55 Å². The number of aryl methyl sites for hydroxylation is 2. The maximum Gasteiger partial charge on any atom is 0.218 e. The van der Waals surface area contributed by atoms with Gasteiger partial charge in [-0.05, 0) is 54.3 Å². The van der Waals surface area contributed by atoms with Crippen LogP contribution in [0.2, 0.25) is 0 Å². The fourth-order valence-corrected chi connectivity index (χ4v) is 3.09. The van der Waals surface area contributed by atoms with E-state index in [1.807, 2.05) is 54.6 Å². The first kappa shape index (κ1) is 18.8. The average molecular weight is 384 g/mol. The lowest BCUT2D eigenvalue weighted by molar-refractivity contribution is 0.301. The van der Waals surface area contributed by atoms with E-state index in [1.165, 1.54) is 5.56 Å². The molecule has 0 saturated carbocycles. The summed E-state index contributed by atoms with van der Waals surface area (Å²) in [7, 11) is 0. The topological polar surface area (TPSA) is 40.2 Å². The third kappa shape index (κ3) is 5.72. The molecule has 0 amide bonds. The van der Waals surface area contributed by atoms with Crippen molar-refractivity contribution in [3.05, 3.63) is 108 Å². The predicted molar refractivity (Wildman–Crippen MR) is 115 cm³/mol. The lowest BCUT2D eigenvalue weighted by Gasteiger charge is -2.06. The lowest BCUT2D eigenvalue weighted by Crippen LogP contribution is -1.97. The Balaban J connectivity index is 1.24. The van der Waals surface area contributed by atoms with Crippen molar-refractivity contribution in [1.29, 1.82) is 0 Å². The third-order valence-corrected chi connectivity index (χ3v) is 4.65. The molecule has 4 nitrogen and oxygen atoms in total. The second-order valence-electron chi connectivity index (χ2n) is 6.88. The third-order valence-electron chi connectivity index (χ3n) is 4.65. The van der Waals surface area contributed by atoms with Crippen LogP contribution in [-0.2, 0) is 19.6 Å². The van der Waals surface area contributed by atoms with Gasteiger partial charge in [0.05, 0.1) is 0 Å². The van der Waals surface area contributed by atoms with Crippen LogP contribution >= 0.6 is 0 Å². The van der Waals surface area contributed by atoms with Crippen molar-refractivity contribution in [2.45, 2.75) is 26.0 Å². The Kier molecular flexibility index (Phi) is 6.23. The molecule has 4 heteroatoms. The zero-order valence-corrected chi connectivity index (χ0v) is 16.3. The minimum Gasteiger partial charge on any atom is -0.487 e. The van der Waals surface area contributed by atoms with E-state index in [0.29, 0.717) is 12.5 Å². The van der Waals surface area contributed by atoms with Crippen molar-refractivity contribution in [2.75, 3.05) is 0 Å². The normalized spacial score (nSPS) is 11.2. The fourth-order valence-electron chi connectivity index (χ4n) is 3.09. The number of aromatic nitrogens is 2. The van der Waals surface area contributed by atoms with Crippen molar-refractivity contribution < 1.29 is 9.15 Å². The molecule has 0 aliphatic heterocycles. The molecular formula is C25H24N2O2. The molecular weight excluding hydrogens is 360 g/mol. The van der Waals surface area contributed by atoms with E-state index in [9.17, 15) is 0 Å². The van der Waals surface area contributed by atoms with E-state index >= 15 is 0 Å². The Hall–Kier alpha value is -3.53. The van der Waals surface area contributed by atoms with Crippen LogP contribution in [0.25, 0.3) is 12.2 Å². The Morgan fingerprint density at radius 1 is 0.897 bits per heavy atom. The van der Waals surface area contributed by atoms with Crippen molar-refractivity contribution in [3.8, 4) is 5.75 Å². The summed E-state index contributed by atoms with van der Waals surface area (Å²) in [6.07, 6.45) is 11.9. The Morgan fingerprint density at radius 3 is 2.48 bits per heavy atom. The molecule has 2 aromatic carbocycles. The summed E-state index contributed by atoms with van der Waals surface area (Å²) in [6, 6.07) is 22.5. The molecule has 0 radical (unpaired) electrons. The van der Waals surface area contributed by atoms with E-state index in [0.717, 1.165) is 36.4 Å². The summed E-state index contributed by atoms with van der Waals surface area (Å²) in [5.41, 5.74) is 3.20. The van der Waals surface area contributed by atoms with E-state index in [2.05, 4.69) is 46.2 Å². The molecule has 0 N–H and O–H groups in total. The van der Waals surface area contributed by atoms with Crippen LogP contribution in [0.3, 0.4) is 0 Å². The summed E-state index contributed by atoms with van der Waals surface area (Å²) in [5.74, 6) is 1.41. The fraction of sp³-hybridized carbons (Fsp3) is 0.160. The number of ether oxygens (including phenoxy) is 1. The molecule has 2 heterocycles. The van der Waals surface area contributed by atoms with E-state index < -0.39 is 0 Å². The molecule has 4 aromatic rings. The standard InChI is InChI=1S/C25H24N2O2/c1-2-7-21(8-3-1)12-15-25-26-23(20-29-25)19-28-24-13-10-22(11-14-24)9-6-18-27-16-4-5-17-27/h1-5,7-8,10-17,20H,6,9,18-19H2/b15-12+. The zero-order valence-electron chi connectivity index (χ0n) is 16.3. The van der Waals surface area contributed by atoms with Gasteiger partial charge in [0.25, 0.3) is 0 Å². The Bertz CT molecular complexity index is 1020. The quantitative estimate of drug-likeness (QED) is 0.363. The average Bonchev–Trinajstić information content (AvgIpc) is 3.45. The van der Waals surface area contributed by atoms with Crippen molar-refractivity contribution in [3.63, 3.8) is 0 Å². The van der Waals surface area contributed by atoms with E-state index in [-0.39, 0.29) is 0 Å². The summed E-state index contributed by atoms with van der Waals surface area (Å²) in [4.78, 5) is 4.44. The summed E-state index contributed by atoms with van der Waals surface area (Å²) >= 11 is 0. The second kappa shape index (κ2) is 9.60. The predicted octanol–water partition coefficient (Wildman–Crippen LogP) is 5.86. The molecule has 146 valence electrons.